The van der Waals surface area contributed by atoms with Gasteiger partial charge in [0, 0.05) is 13.2 Å². The lowest BCUT2D eigenvalue weighted by Crippen LogP contribution is -2.20. The number of aromatic amines is 1. The molecule has 0 saturated carbocycles. The highest BCUT2D eigenvalue weighted by atomic mass is 16.5. The molecule has 7 nitrogen and oxygen atoms in total. The Kier molecular flexibility index (Phi) is 5.11. The predicted octanol–water partition coefficient (Wildman–Crippen LogP) is 1.98. The minimum atomic E-state index is -0.0876. The number of H-pyrrole nitrogens is 1. The number of hydrogen-bond acceptors (Lipinski definition) is 6. The van der Waals surface area contributed by atoms with E-state index in [2.05, 4.69) is 32.2 Å². The van der Waals surface area contributed by atoms with Crippen LogP contribution in [0.5, 0.6) is 5.88 Å². The Morgan fingerprint density at radius 3 is 2.95 bits per heavy atom. The fraction of sp³-hybridized carbons (Fsp3) is 0.615. The molecule has 0 saturated heterocycles. The summed E-state index contributed by atoms with van der Waals surface area (Å²) in [6.45, 7) is 7.98. The zero-order valence-electron chi connectivity index (χ0n) is 12.1. The Morgan fingerprint density at radius 2 is 2.20 bits per heavy atom. The van der Waals surface area contributed by atoms with Crippen molar-refractivity contribution in [1.29, 1.82) is 0 Å². The first-order chi connectivity index (χ1) is 9.74. The number of nitrogens with one attached hydrogen (secondary N) is 2. The number of nitrogens with zero attached hydrogens (tertiary/aromatic N) is 3. The summed E-state index contributed by atoms with van der Waals surface area (Å²) < 4.78 is 11.2. The lowest BCUT2D eigenvalue weighted by molar-refractivity contribution is 0.0641. The molecule has 0 aliphatic rings. The molecule has 2 heterocycles. The first-order valence-electron chi connectivity index (χ1n) is 6.94. The van der Waals surface area contributed by atoms with Gasteiger partial charge >= 0.3 is 0 Å². The number of fused-ring (bicyclic) bond motifs is 1. The second-order valence-corrected chi connectivity index (χ2v) is 4.47. The molecule has 1 atom stereocenters. The summed E-state index contributed by atoms with van der Waals surface area (Å²) in [4.78, 5) is 15.9. The highest BCUT2D eigenvalue weighted by Gasteiger charge is 2.14. The van der Waals surface area contributed by atoms with Crippen LogP contribution in [0.4, 0.5) is 5.95 Å². The van der Waals surface area contributed by atoms with Crippen LogP contribution in [-0.4, -0.2) is 45.8 Å². The van der Waals surface area contributed by atoms with Crippen molar-refractivity contribution >= 4 is 17.1 Å². The van der Waals surface area contributed by atoms with Crippen molar-refractivity contribution in [1.82, 2.24) is 19.9 Å². The maximum absolute atomic E-state index is 5.82. The normalized spacial score (nSPS) is 12.6. The topological polar surface area (TPSA) is 85.0 Å². The molecule has 20 heavy (non-hydrogen) atoms. The number of ether oxygens (including phenoxy) is 2. The van der Waals surface area contributed by atoms with Crippen molar-refractivity contribution in [2.75, 3.05) is 25.1 Å². The summed E-state index contributed by atoms with van der Waals surface area (Å²) >= 11 is 0. The molecule has 110 valence electrons. The van der Waals surface area contributed by atoms with Crippen LogP contribution in [0.1, 0.15) is 27.2 Å². The van der Waals surface area contributed by atoms with Crippen molar-refractivity contribution in [3.63, 3.8) is 0 Å². The maximum atomic E-state index is 5.82. The third kappa shape index (κ3) is 3.57. The number of aromatic nitrogens is 4. The molecule has 7 heteroatoms. The summed E-state index contributed by atoms with van der Waals surface area (Å²) in [7, 11) is 0. The molecule has 0 fully saturated rings. The van der Waals surface area contributed by atoms with Crippen molar-refractivity contribution in [2.24, 2.45) is 0 Å². The van der Waals surface area contributed by atoms with E-state index in [1.807, 2.05) is 13.8 Å². The first kappa shape index (κ1) is 14.5. The van der Waals surface area contributed by atoms with E-state index >= 15 is 0 Å². The maximum Gasteiger partial charge on any atom is 0.245 e. The fourth-order valence-electron chi connectivity index (χ4n) is 1.72. The van der Waals surface area contributed by atoms with Crippen LogP contribution in [0.25, 0.3) is 11.2 Å². The lowest BCUT2D eigenvalue weighted by atomic mass is 10.4. The van der Waals surface area contributed by atoms with E-state index in [1.54, 1.807) is 6.33 Å². The SMILES string of the molecule is CCCNc1nc(OC(C)COCC)c2[nH]cnc2n1. The van der Waals surface area contributed by atoms with Gasteiger partial charge in [-0.05, 0) is 20.3 Å². The molecule has 0 spiro atoms. The van der Waals surface area contributed by atoms with Gasteiger partial charge in [-0.3, -0.25) is 0 Å². The van der Waals surface area contributed by atoms with Crippen LogP contribution in [0.15, 0.2) is 6.33 Å². The highest BCUT2D eigenvalue weighted by Crippen LogP contribution is 2.21. The third-order valence-corrected chi connectivity index (χ3v) is 2.66. The first-order valence-corrected chi connectivity index (χ1v) is 6.94. The van der Waals surface area contributed by atoms with E-state index < -0.39 is 0 Å². The molecule has 2 aromatic rings. The van der Waals surface area contributed by atoms with Gasteiger partial charge in [0.05, 0.1) is 12.9 Å². The molecule has 0 aliphatic carbocycles. The van der Waals surface area contributed by atoms with E-state index in [-0.39, 0.29) is 6.10 Å². The zero-order chi connectivity index (χ0) is 14.4. The average Bonchev–Trinajstić information content (AvgIpc) is 2.91. The average molecular weight is 279 g/mol. The molecule has 0 aliphatic heterocycles. The molecule has 0 amide bonds. The molecule has 2 N–H and O–H groups in total. The quantitative estimate of drug-likeness (QED) is 0.768. The smallest absolute Gasteiger partial charge is 0.245 e. The number of hydrogen-bond donors (Lipinski definition) is 2. The van der Waals surface area contributed by atoms with E-state index in [1.165, 1.54) is 0 Å². The van der Waals surface area contributed by atoms with Crippen LogP contribution in [0, 0.1) is 0 Å². The molecule has 2 rings (SSSR count). The van der Waals surface area contributed by atoms with Gasteiger partial charge in [-0.2, -0.15) is 9.97 Å². The summed E-state index contributed by atoms with van der Waals surface area (Å²) in [6.07, 6.45) is 2.50. The summed E-state index contributed by atoms with van der Waals surface area (Å²) in [5, 5.41) is 3.15. The Bertz CT molecular complexity index is 543. The lowest BCUT2D eigenvalue weighted by Gasteiger charge is -2.14. The summed E-state index contributed by atoms with van der Waals surface area (Å²) in [6, 6.07) is 0. The Labute approximate surface area is 118 Å². The second-order valence-electron chi connectivity index (χ2n) is 4.47. The van der Waals surface area contributed by atoms with Gasteiger partial charge in [0.25, 0.3) is 0 Å². The van der Waals surface area contributed by atoms with E-state index in [9.17, 15) is 0 Å². The van der Waals surface area contributed by atoms with E-state index in [0.29, 0.717) is 36.2 Å². The molecule has 0 bridgehead atoms. The third-order valence-electron chi connectivity index (χ3n) is 2.66. The van der Waals surface area contributed by atoms with E-state index in [4.69, 9.17) is 9.47 Å². The van der Waals surface area contributed by atoms with Crippen LogP contribution >= 0.6 is 0 Å². The van der Waals surface area contributed by atoms with Crippen molar-refractivity contribution in [3.8, 4) is 5.88 Å². The Morgan fingerprint density at radius 1 is 1.35 bits per heavy atom. The highest BCUT2D eigenvalue weighted by molar-refractivity contribution is 5.76. The van der Waals surface area contributed by atoms with Gasteiger partial charge in [0.15, 0.2) is 5.65 Å². The fourth-order valence-corrected chi connectivity index (χ4v) is 1.72. The standard InChI is InChI=1S/C13H21N5O2/c1-4-6-14-13-17-11-10(15-8-16-11)12(18-13)20-9(3)7-19-5-2/h8-9H,4-7H2,1-3H3,(H2,14,15,16,17,18). The van der Waals surface area contributed by atoms with Crippen LogP contribution < -0.4 is 10.1 Å². The molecular weight excluding hydrogens is 258 g/mol. The zero-order valence-corrected chi connectivity index (χ0v) is 12.1. The van der Waals surface area contributed by atoms with Crippen LogP contribution in [0.3, 0.4) is 0 Å². The second kappa shape index (κ2) is 7.04. The van der Waals surface area contributed by atoms with Gasteiger partial charge in [0.2, 0.25) is 11.8 Å². The van der Waals surface area contributed by atoms with Gasteiger partial charge in [-0.15, -0.1) is 0 Å². The number of rotatable bonds is 8. The number of imidazole rings is 1. The van der Waals surface area contributed by atoms with E-state index in [0.717, 1.165) is 13.0 Å². The van der Waals surface area contributed by atoms with Crippen molar-refractivity contribution in [2.45, 2.75) is 33.3 Å². The minimum Gasteiger partial charge on any atom is -0.471 e. The van der Waals surface area contributed by atoms with Gasteiger partial charge < -0.3 is 19.8 Å². The van der Waals surface area contributed by atoms with Crippen LogP contribution in [-0.2, 0) is 4.74 Å². The van der Waals surface area contributed by atoms with Gasteiger partial charge in [0.1, 0.15) is 11.6 Å². The molecule has 0 radical (unpaired) electrons. The Balaban J connectivity index is 2.18. The predicted molar refractivity (Wildman–Crippen MR) is 77.0 cm³/mol. The molecule has 2 aromatic heterocycles. The van der Waals surface area contributed by atoms with Crippen LogP contribution in [0.2, 0.25) is 0 Å². The molecular formula is C13H21N5O2. The summed E-state index contributed by atoms with van der Waals surface area (Å²) in [5.74, 6) is 1.03. The Hall–Kier alpha value is -1.89. The van der Waals surface area contributed by atoms with Gasteiger partial charge in [-0.25, -0.2) is 4.98 Å². The summed E-state index contributed by atoms with van der Waals surface area (Å²) in [5.41, 5.74) is 1.30. The van der Waals surface area contributed by atoms with Gasteiger partial charge in [-0.1, -0.05) is 6.92 Å². The molecule has 1 unspecified atom stereocenters. The largest absolute Gasteiger partial charge is 0.471 e. The number of anilines is 1. The van der Waals surface area contributed by atoms with Crippen molar-refractivity contribution in [3.05, 3.63) is 6.33 Å². The molecule has 0 aromatic carbocycles. The minimum absolute atomic E-state index is 0.0876. The monoisotopic (exact) mass is 279 g/mol. The van der Waals surface area contributed by atoms with Crippen molar-refractivity contribution < 1.29 is 9.47 Å².